The molecular formula is C15H23N3O4S. The fraction of sp³-hybridized carbons (Fsp3) is 0.533. The van der Waals surface area contributed by atoms with E-state index in [0.717, 1.165) is 13.1 Å². The lowest BCUT2D eigenvalue weighted by atomic mass is 10.2. The van der Waals surface area contributed by atoms with E-state index in [-0.39, 0.29) is 18.2 Å². The second-order valence-corrected chi connectivity index (χ2v) is 7.56. The Balaban J connectivity index is 1.87. The van der Waals surface area contributed by atoms with Gasteiger partial charge in [0.15, 0.2) is 0 Å². The molecule has 1 aliphatic rings. The first-order chi connectivity index (χ1) is 10.9. The molecule has 2 rings (SSSR count). The monoisotopic (exact) mass is 341 g/mol. The van der Waals surface area contributed by atoms with Crippen LogP contribution in [0.3, 0.4) is 0 Å². The molecule has 0 saturated carbocycles. The van der Waals surface area contributed by atoms with Crippen LogP contribution >= 0.6 is 0 Å². The maximum absolute atomic E-state index is 12.3. The molecule has 1 fully saturated rings. The molecule has 0 atom stereocenters. The molecule has 0 bridgehead atoms. The van der Waals surface area contributed by atoms with E-state index >= 15 is 0 Å². The van der Waals surface area contributed by atoms with E-state index < -0.39 is 10.0 Å². The van der Waals surface area contributed by atoms with Crippen molar-refractivity contribution < 1.29 is 17.9 Å². The number of benzene rings is 1. The molecule has 0 aliphatic carbocycles. The van der Waals surface area contributed by atoms with Gasteiger partial charge in [0.25, 0.3) is 5.91 Å². The molecule has 1 aromatic carbocycles. The van der Waals surface area contributed by atoms with Gasteiger partial charge in [-0.3, -0.25) is 4.79 Å². The van der Waals surface area contributed by atoms with Gasteiger partial charge in [0.2, 0.25) is 10.0 Å². The highest BCUT2D eigenvalue weighted by molar-refractivity contribution is 7.89. The number of likely N-dealkylation sites (N-methyl/N-ethyl adjacent to an activating group) is 1. The van der Waals surface area contributed by atoms with Crippen molar-refractivity contribution in [1.29, 1.82) is 0 Å². The number of carbonyl (C=O) groups excluding carboxylic acids is 1. The molecule has 128 valence electrons. The molecule has 0 unspecified atom stereocenters. The van der Waals surface area contributed by atoms with Crippen LogP contribution in [-0.4, -0.2) is 76.2 Å². The van der Waals surface area contributed by atoms with Crippen molar-refractivity contribution in [2.45, 2.75) is 0 Å². The summed E-state index contributed by atoms with van der Waals surface area (Å²) < 4.78 is 31.1. The minimum Gasteiger partial charge on any atom is -0.496 e. The number of hydrogen-bond acceptors (Lipinski definition) is 5. The molecule has 1 heterocycles. The second kappa shape index (κ2) is 7.76. The lowest BCUT2D eigenvalue weighted by Gasteiger charge is -2.31. The summed E-state index contributed by atoms with van der Waals surface area (Å²) >= 11 is 0. The first-order valence-corrected chi connectivity index (χ1v) is 9.12. The van der Waals surface area contributed by atoms with Gasteiger partial charge < -0.3 is 15.0 Å². The third kappa shape index (κ3) is 4.66. The number of hydrogen-bond donors (Lipinski definition) is 1. The lowest BCUT2D eigenvalue weighted by molar-refractivity contribution is 0.0953. The van der Waals surface area contributed by atoms with Gasteiger partial charge >= 0.3 is 0 Å². The Morgan fingerprint density at radius 1 is 1.22 bits per heavy atom. The van der Waals surface area contributed by atoms with Crippen molar-refractivity contribution in [1.82, 2.24) is 14.5 Å². The van der Waals surface area contributed by atoms with Gasteiger partial charge in [-0.05, 0) is 19.2 Å². The average molecular weight is 341 g/mol. The Kier molecular flexibility index (Phi) is 5.97. The number of rotatable bonds is 6. The van der Waals surface area contributed by atoms with Crippen LogP contribution in [0.4, 0.5) is 0 Å². The molecule has 0 radical (unpaired) electrons. The van der Waals surface area contributed by atoms with Crippen LogP contribution in [0.5, 0.6) is 5.75 Å². The second-order valence-electron chi connectivity index (χ2n) is 5.47. The normalized spacial score (nSPS) is 17.0. The Labute approximate surface area is 137 Å². The van der Waals surface area contributed by atoms with Gasteiger partial charge in [-0.25, -0.2) is 8.42 Å². The molecule has 8 heteroatoms. The van der Waals surface area contributed by atoms with Gasteiger partial charge in [-0.1, -0.05) is 12.1 Å². The number of amides is 1. The fourth-order valence-electron chi connectivity index (χ4n) is 2.42. The highest BCUT2D eigenvalue weighted by Crippen LogP contribution is 2.16. The quantitative estimate of drug-likeness (QED) is 0.788. The number of piperazine rings is 1. The fourth-order valence-corrected chi connectivity index (χ4v) is 3.75. The predicted molar refractivity (Wildman–Crippen MR) is 88.2 cm³/mol. The minimum absolute atomic E-state index is 0.0750. The van der Waals surface area contributed by atoms with Crippen molar-refractivity contribution >= 4 is 15.9 Å². The van der Waals surface area contributed by atoms with E-state index in [0.29, 0.717) is 24.4 Å². The van der Waals surface area contributed by atoms with Gasteiger partial charge in [0.05, 0.1) is 18.4 Å². The maximum Gasteiger partial charge on any atom is 0.255 e. The van der Waals surface area contributed by atoms with Crippen LogP contribution in [-0.2, 0) is 10.0 Å². The predicted octanol–water partition coefficient (Wildman–Crippen LogP) is 0.00220. The van der Waals surface area contributed by atoms with E-state index in [2.05, 4.69) is 10.2 Å². The largest absolute Gasteiger partial charge is 0.496 e. The van der Waals surface area contributed by atoms with E-state index in [1.54, 1.807) is 24.3 Å². The van der Waals surface area contributed by atoms with E-state index in [1.165, 1.54) is 11.4 Å². The zero-order valence-corrected chi connectivity index (χ0v) is 14.3. The summed E-state index contributed by atoms with van der Waals surface area (Å²) in [4.78, 5) is 14.2. The molecule has 23 heavy (non-hydrogen) atoms. The average Bonchev–Trinajstić information content (AvgIpc) is 2.55. The van der Waals surface area contributed by atoms with Gasteiger partial charge in [0.1, 0.15) is 5.75 Å². The number of methoxy groups -OCH3 is 1. The summed E-state index contributed by atoms with van der Waals surface area (Å²) in [5.74, 6) is 0.0281. The van der Waals surface area contributed by atoms with E-state index in [9.17, 15) is 13.2 Å². The van der Waals surface area contributed by atoms with Crippen molar-refractivity contribution in [3.8, 4) is 5.75 Å². The summed E-state index contributed by atoms with van der Waals surface area (Å²) in [6, 6.07) is 6.84. The standard InChI is InChI=1S/C15H23N3O4S/c1-17-8-10-18(11-9-17)23(20,21)12-7-16-15(19)13-5-3-4-6-14(13)22-2/h3-6H,7-12H2,1-2H3,(H,16,19). The molecule has 1 aliphatic heterocycles. The molecule has 7 nitrogen and oxygen atoms in total. The third-order valence-corrected chi connectivity index (χ3v) is 5.72. The van der Waals surface area contributed by atoms with Crippen molar-refractivity contribution in [3.05, 3.63) is 29.8 Å². The number of nitrogens with zero attached hydrogens (tertiary/aromatic N) is 2. The van der Waals surface area contributed by atoms with Crippen molar-refractivity contribution in [2.75, 3.05) is 52.6 Å². The number of ether oxygens (including phenoxy) is 1. The third-order valence-electron chi connectivity index (χ3n) is 3.85. The summed E-state index contributed by atoms with van der Waals surface area (Å²) in [6.45, 7) is 2.53. The van der Waals surface area contributed by atoms with Gasteiger partial charge in [-0.15, -0.1) is 0 Å². The van der Waals surface area contributed by atoms with Crippen LogP contribution in [0.15, 0.2) is 24.3 Å². The number of carbonyl (C=O) groups is 1. The first-order valence-electron chi connectivity index (χ1n) is 7.51. The number of sulfonamides is 1. The Morgan fingerprint density at radius 3 is 2.52 bits per heavy atom. The molecule has 1 saturated heterocycles. The SMILES string of the molecule is COc1ccccc1C(=O)NCCS(=O)(=O)N1CCN(C)CC1. The van der Waals surface area contributed by atoms with Crippen molar-refractivity contribution in [2.24, 2.45) is 0 Å². The van der Waals surface area contributed by atoms with E-state index in [4.69, 9.17) is 4.74 Å². The Morgan fingerprint density at radius 2 is 1.87 bits per heavy atom. The van der Waals surface area contributed by atoms with Crippen LogP contribution < -0.4 is 10.1 Å². The minimum atomic E-state index is -3.34. The lowest BCUT2D eigenvalue weighted by Crippen LogP contribution is -2.48. The van der Waals surface area contributed by atoms with Crippen LogP contribution in [0.25, 0.3) is 0 Å². The molecule has 0 spiro atoms. The smallest absolute Gasteiger partial charge is 0.255 e. The number of para-hydroxylation sites is 1. The molecule has 1 amide bonds. The Hall–Kier alpha value is -1.64. The zero-order chi connectivity index (χ0) is 16.9. The molecular weight excluding hydrogens is 318 g/mol. The topological polar surface area (TPSA) is 78.9 Å². The zero-order valence-electron chi connectivity index (χ0n) is 13.5. The Bertz CT molecular complexity index is 640. The van der Waals surface area contributed by atoms with Gasteiger partial charge in [-0.2, -0.15) is 4.31 Å². The maximum atomic E-state index is 12.3. The van der Waals surface area contributed by atoms with Crippen LogP contribution in [0, 0.1) is 0 Å². The summed E-state index contributed by atoms with van der Waals surface area (Å²) in [7, 11) is 0.120. The number of nitrogens with one attached hydrogen (secondary N) is 1. The van der Waals surface area contributed by atoms with E-state index in [1.807, 2.05) is 7.05 Å². The van der Waals surface area contributed by atoms with Crippen LogP contribution in [0.2, 0.25) is 0 Å². The molecule has 0 aromatic heterocycles. The van der Waals surface area contributed by atoms with Crippen LogP contribution in [0.1, 0.15) is 10.4 Å². The van der Waals surface area contributed by atoms with Gasteiger partial charge in [0, 0.05) is 32.7 Å². The summed E-state index contributed by atoms with van der Waals surface area (Å²) in [6.07, 6.45) is 0. The highest BCUT2D eigenvalue weighted by atomic mass is 32.2. The highest BCUT2D eigenvalue weighted by Gasteiger charge is 2.25. The summed E-state index contributed by atoms with van der Waals surface area (Å²) in [5, 5.41) is 2.64. The van der Waals surface area contributed by atoms with Crippen molar-refractivity contribution in [3.63, 3.8) is 0 Å². The molecule has 1 N–H and O–H groups in total. The molecule has 1 aromatic rings. The summed E-state index contributed by atoms with van der Waals surface area (Å²) in [5.41, 5.74) is 0.395. The first kappa shape index (κ1) is 17.7.